The number of hydrogen-bond donors (Lipinski definition) is 1. The van der Waals surface area contributed by atoms with Gasteiger partial charge < -0.3 is 9.72 Å². The Morgan fingerprint density at radius 1 is 1.39 bits per heavy atom. The van der Waals surface area contributed by atoms with Crippen molar-refractivity contribution < 1.29 is 4.74 Å². The molecule has 0 radical (unpaired) electrons. The Kier molecular flexibility index (Phi) is 3.08. The molecule has 1 unspecified atom stereocenters. The molecule has 0 aromatic carbocycles. The average molecular weight is 244 g/mol. The van der Waals surface area contributed by atoms with E-state index in [0.29, 0.717) is 6.61 Å². The van der Waals surface area contributed by atoms with Crippen LogP contribution in [0.2, 0.25) is 0 Å². The lowest BCUT2D eigenvalue weighted by molar-refractivity contribution is 0.00215. The second-order valence-electron chi connectivity index (χ2n) is 4.49. The Hall–Kier alpha value is -1.72. The third-order valence-corrected chi connectivity index (χ3v) is 3.30. The van der Waals surface area contributed by atoms with Crippen LogP contribution in [0.25, 0.3) is 11.3 Å². The van der Waals surface area contributed by atoms with Gasteiger partial charge in [-0.1, -0.05) is 0 Å². The number of imidazole rings is 1. The van der Waals surface area contributed by atoms with Gasteiger partial charge in [0, 0.05) is 24.5 Å². The third-order valence-electron chi connectivity index (χ3n) is 3.30. The predicted molar refractivity (Wildman–Crippen MR) is 68.0 cm³/mol. The largest absolute Gasteiger partial charge is 0.378 e. The molecule has 0 bridgehead atoms. The van der Waals surface area contributed by atoms with Crippen molar-refractivity contribution in [1.29, 1.82) is 0 Å². The van der Waals surface area contributed by atoms with Crippen molar-refractivity contribution in [3.8, 4) is 11.3 Å². The summed E-state index contributed by atoms with van der Waals surface area (Å²) in [4.78, 5) is 14.1. The number of nitrogens with one attached hydrogen (secondary N) is 1. The number of likely N-dealkylation sites (N-methyl/N-ethyl adjacent to an activating group) is 1. The van der Waals surface area contributed by atoms with Crippen molar-refractivity contribution in [2.75, 3.05) is 26.8 Å². The van der Waals surface area contributed by atoms with Gasteiger partial charge in [0.05, 0.1) is 31.1 Å². The highest BCUT2D eigenvalue weighted by Gasteiger charge is 2.23. The molecule has 1 saturated heterocycles. The molecule has 2 aromatic rings. The summed E-state index contributed by atoms with van der Waals surface area (Å²) < 4.78 is 5.51. The highest BCUT2D eigenvalue weighted by Crippen LogP contribution is 2.23. The van der Waals surface area contributed by atoms with Gasteiger partial charge in [0.15, 0.2) is 0 Å². The number of nitrogens with zero attached hydrogens (tertiary/aromatic N) is 3. The lowest BCUT2D eigenvalue weighted by atomic mass is 10.2. The van der Waals surface area contributed by atoms with Gasteiger partial charge in [0.25, 0.3) is 0 Å². The van der Waals surface area contributed by atoms with E-state index in [1.165, 1.54) is 0 Å². The van der Waals surface area contributed by atoms with Crippen LogP contribution in [-0.4, -0.2) is 46.7 Å². The van der Waals surface area contributed by atoms with E-state index < -0.39 is 0 Å². The van der Waals surface area contributed by atoms with Crippen molar-refractivity contribution >= 4 is 0 Å². The summed E-state index contributed by atoms with van der Waals surface area (Å²) in [6, 6.07) is 4.16. The van der Waals surface area contributed by atoms with Gasteiger partial charge in [-0.25, -0.2) is 4.98 Å². The van der Waals surface area contributed by atoms with Crippen molar-refractivity contribution in [3.05, 3.63) is 36.5 Å². The Bertz CT molecular complexity index is 511. The van der Waals surface area contributed by atoms with Crippen molar-refractivity contribution in [2.24, 2.45) is 0 Å². The number of ether oxygens (including phenoxy) is 1. The van der Waals surface area contributed by atoms with Gasteiger partial charge in [0.1, 0.15) is 5.82 Å². The quantitative estimate of drug-likeness (QED) is 0.869. The Balaban J connectivity index is 1.85. The van der Waals surface area contributed by atoms with Crippen LogP contribution in [0.5, 0.6) is 0 Å². The van der Waals surface area contributed by atoms with Crippen LogP contribution < -0.4 is 0 Å². The van der Waals surface area contributed by atoms with Crippen LogP contribution in [0.4, 0.5) is 0 Å². The zero-order chi connectivity index (χ0) is 12.4. The van der Waals surface area contributed by atoms with Crippen LogP contribution in [0.1, 0.15) is 11.9 Å². The van der Waals surface area contributed by atoms with Gasteiger partial charge >= 0.3 is 0 Å². The highest BCUT2D eigenvalue weighted by atomic mass is 16.5. The van der Waals surface area contributed by atoms with E-state index in [4.69, 9.17) is 4.74 Å². The summed E-state index contributed by atoms with van der Waals surface area (Å²) in [5.74, 6) is 0.962. The number of aromatic nitrogens is 3. The number of morpholine rings is 1. The Labute approximate surface area is 106 Å². The molecule has 2 aromatic heterocycles. The van der Waals surface area contributed by atoms with Crippen molar-refractivity contribution in [1.82, 2.24) is 19.9 Å². The van der Waals surface area contributed by atoms with Crippen LogP contribution in [0.3, 0.4) is 0 Å². The first-order valence-corrected chi connectivity index (χ1v) is 6.08. The predicted octanol–water partition coefficient (Wildman–Crippen LogP) is 1.47. The molecular formula is C13H16N4O. The minimum atomic E-state index is 0.217. The highest BCUT2D eigenvalue weighted by molar-refractivity contribution is 5.57. The molecule has 1 fully saturated rings. The summed E-state index contributed by atoms with van der Waals surface area (Å²) in [6.07, 6.45) is 5.44. The second-order valence-corrected chi connectivity index (χ2v) is 4.49. The van der Waals surface area contributed by atoms with Crippen LogP contribution in [0.15, 0.2) is 30.7 Å². The van der Waals surface area contributed by atoms with Crippen LogP contribution in [0, 0.1) is 0 Å². The van der Waals surface area contributed by atoms with Gasteiger partial charge in [-0.3, -0.25) is 9.88 Å². The molecule has 0 saturated carbocycles. The van der Waals surface area contributed by atoms with E-state index in [1.807, 2.05) is 18.3 Å². The second kappa shape index (κ2) is 4.88. The van der Waals surface area contributed by atoms with E-state index in [2.05, 4.69) is 26.9 Å². The molecule has 1 atom stereocenters. The first kappa shape index (κ1) is 11.4. The molecular weight excluding hydrogens is 228 g/mol. The maximum absolute atomic E-state index is 5.51. The molecule has 0 aliphatic carbocycles. The molecule has 18 heavy (non-hydrogen) atoms. The summed E-state index contributed by atoms with van der Waals surface area (Å²) in [6.45, 7) is 2.43. The summed E-state index contributed by atoms with van der Waals surface area (Å²) in [7, 11) is 2.10. The smallest absolute Gasteiger partial charge is 0.126 e. The van der Waals surface area contributed by atoms with Gasteiger partial charge in [-0.2, -0.15) is 0 Å². The molecule has 3 rings (SSSR count). The molecule has 5 heteroatoms. The van der Waals surface area contributed by atoms with Gasteiger partial charge in [-0.15, -0.1) is 0 Å². The fourth-order valence-corrected chi connectivity index (χ4v) is 2.16. The van der Waals surface area contributed by atoms with Crippen LogP contribution >= 0.6 is 0 Å². The van der Waals surface area contributed by atoms with E-state index in [1.54, 1.807) is 12.4 Å². The SMILES string of the molecule is CN1CCOCC1c1ncc(-c2ccncc2)[nH]1. The zero-order valence-corrected chi connectivity index (χ0v) is 10.3. The lowest BCUT2D eigenvalue weighted by Crippen LogP contribution is -2.37. The standard InChI is InChI=1S/C13H16N4O/c1-17-6-7-18-9-12(17)13-15-8-11(16-13)10-2-4-14-5-3-10/h2-5,8,12H,6-7,9H2,1H3,(H,15,16). The van der Waals surface area contributed by atoms with Crippen molar-refractivity contribution in [3.63, 3.8) is 0 Å². The minimum Gasteiger partial charge on any atom is -0.378 e. The number of H-pyrrole nitrogens is 1. The van der Waals surface area contributed by atoms with E-state index in [9.17, 15) is 0 Å². The first-order valence-electron chi connectivity index (χ1n) is 6.08. The molecule has 3 heterocycles. The maximum atomic E-state index is 5.51. The summed E-state index contributed by atoms with van der Waals surface area (Å²) in [5, 5.41) is 0. The van der Waals surface area contributed by atoms with Gasteiger partial charge in [0.2, 0.25) is 0 Å². The van der Waals surface area contributed by atoms with Crippen LogP contribution in [-0.2, 0) is 4.74 Å². The summed E-state index contributed by atoms with van der Waals surface area (Å²) >= 11 is 0. The zero-order valence-electron chi connectivity index (χ0n) is 10.3. The fraction of sp³-hybridized carbons (Fsp3) is 0.385. The van der Waals surface area contributed by atoms with E-state index in [-0.39, 0.29) is 6.04 Å². The molecule has 0 amide bonds. The average Bonchev–Trinajstić information content (AvgIpc) is 2.90. The maximum Gasteiger partial charge on any atom is 0.126 e. The molecule has 5 nitrogen and oxygen atoms in total. The molecule has 94 valence electrons. The topological polar surface area (TPSA) is 54.0 Å². The van der Waals surface area contributed by atoms with E-state index in [0.717, 1.165) is 30.2 Å². The van der Waals surface area contributed by atoms with Crippen molar-refractivity contribution in [2.45, 2.75) is 6.04 Å². The Morgan fingerprint density at radius 2 is 2.22 bits per heavy atom. The molecule has 0 spiro atoms. The minimum absolute atomic E-state index is 0.217. The number of pyridine rings is 1. The normalized spacial score (nSPS) is 21.1. The number of aromatic amines is 1. The van der Waals surface area contributed by atoms with E-state index >= 15 is 0 Å². The third kappa shape index (κ3) is 2.14. The monoisotopic (exact) mass is 244 g/mol. The molecule has 1 aliphatic heterocycles. The van der Waals surface area contributed by atoms with Gasteiger partial charge in [-0.05, 0) is 19.2 Å². The first-order chi connectivity index (χ1) is 8.84. The molecule has 1 N–H and O–H groups in total. The molecule has 1 aliphatic rings. The number of hydrogen-bond acceptors (Lipinski definition) is 4. The Morgan fingerprint density at radius 3 is 3.00 bits per heavy atom. The summed E-state index contributed by atoms with van der Waals surface area (Å²) in [5.41, 5.74) is 2.12. The number of rotatable bonds is 2. The fourth-order valence-electron chi connectivity index (χ4n) is 2.16. The lowest BCUT2D eigenvalue weighted by Gasteiger charge is -2.30.